The van der Waals surface area contributed by atoms with E-state index in [0.717, 1.165) is 5.56 Å². The normalized spacial score (nSPS) is 15.0. The first-order valence-corrected chi connectivity index (χ1v) is 12.1. The average Bonchev–Trinajstić information content (AvgIpc) is 2.82. The molecule has 0 radical (unpaired) electrons. The van der Waals surface area contributed by atoms with Crippen LogP contribution in [0.25, 0.3) is 0 Å². The van der Waals surface area contributed by atoms with E-state index in [1.807, 2.05) is 12.1 Å². The molecule has 1 aliphatic heterocycles. The second-order valence-corrected chi connectivity index (χ2v) is 9.30. The van der Waals surface area contributed by atoms with E-state index in [-0.39, 0.29) is 17.5 Å². The Balaban J connectivity index is 1.76. The lowest BCUT2D eigenvalue weighted by Gasteiger charge is -2.29. The minimum atomic E-state index is -0.690. The summed E-state index contributed by atoms with van der Waals surface area (Å²) in [5, 5.41) is 3.46. The zero-order valence-electron chi connectivity index (χ0n) is 19.8. The number of allylic oxidation sites excluding steroid dienone is 1. The van der Waals surface area contributed by atoms with Gasteiger partial charge in [0.15, 0.2) is 5.16 Å². The fourth-order valence-electron chi connectivity index (χ4n) is 3.94. The van der Waals surface area contributed by atoms with Gasteiger partial charge in [-0.1, -0.05) is 42.1 Å². The molecule has 1 unspecified atom stereocenters. The molecular weight excluding hydrogens is 469 g/mol. The van der Waals surface area contributed by atoms with Crippen LogP contribution in [0.15, 0.2) is 69.8 Å². The van der Waals surface area contributed by atoms with Gasteiger partial charge in [0.2, 0.25) is 0 Å². The number of halogens is 1. The molecule has 0 bridgehead atoms. The number of aromatic amines is 1. The Labute approximate surface area is 206 Å². The number of aromatic nitrogens is 2. The lowest BCUT2D eigenvalue weighted by Crippen LogP contribution is -2.31. The van der Waals surface area contributed by atoms with Crippen LogP contribution in [0.2, 0.25) is 0 Å². The van der Waals surface area contributed by atoms with Crippen molar-refractivity contribution in [2.24, 2.45) is 0 Å². The van der Waals surface area contributed by atoms with Crippen molar-refractivity contribution in [3.8, 4) is 5.75 Å². The molecule has 1 atom stereocenters. The van der Waals surface area contributed by atoms with Gasteiger partial charge in [-0.2, -0.15) is 0 Å². The van der Waals surface area contributed by atoms with Crippen molar-refractivity contribution in [2.75, 3.05) is 12.4 Å². The first kappa shape index (κ1) is 24.5. The molecule has 0 spiro atoms. The van der Waals surface area contributed by atoms with Crippen LogP contribution in [0.1, 0.15) is 43.4 Å². The molecule has 35 heavy (non-hydrogen) atoms. The van der Waals surface area contributed by atoms with Gasteiger partial charge in [-0.25, -0.2) is 14.2 Å². The number of carbonyl (C=O) groups excluding carboxylic acids is 1. The third kappa shape index (κ3) is 5.24. The van der Waals surface area contributed by atoms with Gasteiger partial charge >= 0.3 is 5.97 Å². The molecule has 2 heterocycles. The van der Waals surface area contributed by atoms with Gasteiger partial charge in [-0.3, -0.25) is 4.79 Å². The van der Waals surface area contributed by atoms with E-state index in [2.05, 4.69) is 15.3 Å². The van der Waals surface area contributed by atoms with Crippen molar-refractivity contribution in [1.29, 1.82) is 0 Å². The highest BCUT2D eigenvalue weighted by atomic mass is 32.2. The van der Waals surface area contributed by atoms with Crippen molar-refractivity contribution in [3.05, 3.63) is 92.7 Å². The Kier molecular flexibility index (Phi) is 7.25. The molecule has 3 aromatic rings. The molecule has 182 valence electrons. The topological polar surface area (TPSA) is 93.3 Å². The first-order chi connectivity index (χ1) is 16.8. The van der Waals surface area contributed by atoms with E-state index >= 15 is 0 Å². The maximum absolute atomic E-state index is 14.0. The van der Waals surface area contributed by atoms with Crippen LogP contribution in [0.5, 0.6) is 5.75 Å². The van der Waals surface area contributed by atoms with Crippen LogP contribution in [0.3, 0.4) is 0 Å². The SMILES string of the molecule is COc1ccc(C2C(C(=O)OC(C)C)=C(C)Nc3nc(SCc4ccccc4F)[nH]c(=O)c32)cc1. The Bertz CT molecular complexity index is 1340. The van der Waals surface area contributed by atoms with E-state index in [1.54, 1.807) is 58.2 Å². The van der Waals surface area contributed by atoms with Crippen LogP contribution < -0.4 is 15.6 Å². The summed E-state index contributed by atoms with van der Waals surface area (Å²) >= 11 is 1.22. The lowest BCUT2D eigenvalue weighted by atomic mass is 9.82. The van der Waals surface area contributed by atoms with Gasteiger partial charge < -0.3 is 19.8 Å². The van der Waals surface area contributed by atoms with Crippen molar-refractivity contribution >= 4 is 23.5 Å². The van der Waals surface area contributed by atoms with Crippen molar-refractivity contribution in [1.82, 2.24) is 9.97 Å². The van der Waals surface area contributed by atoms with Crippen LogP contribution in [0.4, 0.5) is 10.2 Å². The van der Waals surface area contributed by atoms with E-state index in [1.165, 1.54) is 17.8 Å². The fourth-order valence-corrected chi connectivity index (χ4v) is 4.79. The first-order valence-electron chi connectivity index (χ1n) is 11.1. The van der Waals surface area contributed by atoms with Crippen molar-refractivity contribution in [2.45, 2.75) is 43.7 Å². The Morgan fingerprint density at radius 2 is 1.89 bits per heavy atom. The summed E-state index contributed by atoms with van der Waals surface area (Å²) in [5.41, 5.74) is 2.05. The molecule has 0 aliphatic carbocycles. The number of nitrogens with zero attached hydrogens (tertiary/aromatic N) is 1. The molecule has 2 aromatic carbocycles. The van der Waals surface area contributed by atoms with Gasteiger partial charge in [0.1, 0.15) is 17.4 Å². The molecule has 0 saturated heterocycles. The number of fused-ring (bicyclic) bond motifs is 1. The second kappa shape index (κ2) is 10.4. The molecule has 0 fully saturated rings. The van der Waals surface area contributed by atoms with Crippen LogP contribution in [-0.4, -0.2) is 29.2 Å². The van der Waals surface area contributed by atoms with Crippen LogP contribution >= 0.6 is 11.8 Å². The quantitative estimate of drug-likeness (QED) is 0.271. The summed E-state index contributed by atoms with van der Waals surface area (Å²) in [4.78, 5) is 33.8. The predicted molar refractivity (Wildman–Crippen MR) is 133 cm³/mol. The summed E-state index contributed by atoms with van der Waals surface area (Å²) in [7, 11) is 1.57. The molecule has 1 aliphatic rings. The summed E-state index contributed by atoms with van der Waals surface area (Å²) in [5.74, 6) is -0.202. The molecular formula is C26H26FN3O4S. The highest BCUT2D eigenvalue weighted by molar-refractivity contribution is 7.98. The van der Waals surface area contributed by atoms with Crippen LogP contribution in [-0.2, 0) is 15.3 Å². The van der Waals surface area contributed by atoms with Gasteiger partial charge in [-0.05, 0) is 50.1 Å². The highest BCUT2D eigenvalue weighted by Gasteiger charge is 2.36. The monoisotopic (exact) mass is 495 g/mol. The number of benzene rings is 2. The summed E-state index contributed by atoms with van der Waals surface area (Å²) in [6.45, 7) is 5.30. The zero-order valence-corrected chi connectivity index (χ0v) is 20.7. The van der Waals surface area contributed by atoms with E-state index in [4.69, 9.17) is 9.47 Å². The number of ether oxygens (including phenoxy) is 2. The van der Waals surface area contributed by atoms with Crippen molar-refractivity contribution in [3.63, 3.8) is 0 Å². The average molecular weight is 496 g/mol. The number of hydrogen-bond donors (Lipinski definition) is 2. The van der Waals surface area contributed by atoms with Gasteiger partial charge in [-0.15, -0.1) is 0 Å². The number of rotatable bonds is 7. The summed E-state index contributed by atoms with van der Waals surface area (Å²) in [6.07, 6.45) is -0.325. The van der Waals surface area contributed by atoms with Gasteiger partial charge in [0.25, 0.3) is 5.56 Å². The Hall–Kier alpha value is -3.59. The minimum absolute atomic E-state index is 0.303. The number of esters is 1. The standard InChI is InChI=1S/C26H26FN3O4S/c1-14(2)34-25(32)20-15(3)28-23-22(21(20)16-9-11-18(33-4)12-10-16)24(31)30-26(29-23)35-13-17-7-5-6-8-19(17)27/h5-12,14,21H,13H2,1-4H3,(H2,28,29,30,31). The zero-order chi connectivity index (χ0) is 25.1. The number of hydrogen-bond acceptors (Lipinski definition) is 7. The molecule has 0 amide bonds. The third-order valence-electron chi connectivity index (χ3n) is 5.55. The third-order valence-corrected chi connectivity index (χ3v) is 6.48. The molecule has 1 aromatic heterocycles. The van der Waals surface area contributed by atoms with Crippen LogP contribution in [0, 0.1) is 5.82 Å². The number of thioether (sulfide) groups is 1. The van der Waals surface area contributed by atoms with E-state index in [9.17, 15) is 14.0 Å². The van der Waals surface area contributed by atoms with E-state index < -0.39 is 11.9 Å². The van der Waals surface area contributed by atoms with E-state index in [0.29, 0.717) is 44.9 Å². The predicted octanol–water partition coefficient (Wildman–Crippen LogP) is 4.99. The smallest absolute Gasteiger partial charge is 0.337 e. The molecule has 7 nitrogen and oxygen atoms in total. The Morgan fingerprint density at radius 3 is 2.54 bits per heavy atom. The van der Waals surface area contributed by atoms with Gasteiger partial charge in [0, 0.05) is 11.4 Å². The van der Waals surface area contributed by atoms with Crippen molar-refractivity contribution < 1.29 is 18.7 Å². The maximum Gasteiger partial charge on any atom is 0.337 e. The molecule has 2 N–H and O–H groups in total. The number of anilines is 1. The number of nitrogens with one attached hydrogen (secondary N) is 2. The summed E-state index contributed by atoms with van der Waals surface area (Å²) in [6, 6.07) is 13.7. The molecule has 4 rings (SSSR count). The Morgan fingerprint density at radius 1 is 1.17 bits per heavy atom. The number of methoxy groups -OCH3 is 1. The maximum atomic E-state index is 14.0. The highest BCUT2D eigenvalue weighted by Crippen LogP contribution is 2.40. The summed E-state index contributed by atoms with van der Waals surface area (Å²) < 4.78 is 24.8. The number of carbonyl (C=O) groups is 1. The lowest BCUT2D eigenvalue weighted by molar-refractivity contribution is -0.143. The second-order valence-electron chi connectivity index (χ2n) is 8.34. The minimum Gasteiger partial charge on any atom is -0.497 e. The molecule has 9 heteroatoms. The van der Waals surface area contributed by atoms with Gasteiger partial charge in [0.05, 0.1) is 30.3 Å². The molecule has 0 saturated carbocycles. The fraction of sp³-hybridized carbons (Fsp3) is 0.269. The largest absolute Gasteiger partial charge is 0.497 e. The number of H-pyrrole nitrogens is 1.